The molecule has 1 aliphatic heterocycles. The van der Waals surface area contributed by atoms with Crippen molar-refractivity contribution in [1.29, 1.82) is 0 Å². The number of rotatable bonds is 5. The smallest absolute Gasteiger partial charge is 0.236 e. The van der Waals surface area contributed by atoms with E-state index in [9.17, 15) is 14.3 Å². The molecule has 5 heteroatoms. The lowest BCUT2D eigenvalue weighted by molar-refractivity contribution is -0.136. The fourth-order valence-electron chi connectivity index (χ4n) is 4.20. The largest absolute Gasteiger partial charge is 0.393 e. The molecule has 2 fully saturated rings. The van der Waals surface area contributed by atoms with Crippen LogP contribution in [0.25, 0.3) is 0 Å². The van der Waals surface area contributed by atoms with Gasteiger partial charge in [0.05, 0.1) is 12.6 Å². The van der Waals surface area contributed by atoms with E-state index in [1.807, 2.05) is 18.0 Å². The van der Waals surface area contributed by atoms with Crippen molar-refractivity contribution < 1.29 is 14.3 Å². The summed E-state index contributed by atoms with van der Waals surface area (Å²) in [7, 11) is 2.04. The maximum atomic E-state index is 13.4. The first-order chi connectivity index (χ1) is 12.0. The van der Waals surface area contributed by atoms with Gasteiger partial charge < -0.3 is 10.0 Å². The first-order valence-corrected chi connectivity index (χ1v) is 9.43. The van der Waals surface area contributed by atoms with Crippen molar-refractivity contribution in [3.05, 3.63) is 35.6 Å². The molecule has 1 amide bonds. The number of benzene rings is 1. The maximum Gasteiger partial charge on any atom is 0.236 e. The van der Waals surface area contributed by atoms with Gasteiger partial charge in [0, 0.05) is 25.0 Å². The van der Waals surface area contributed by atoms with Gasteiger partial charge in [0.15, 0.2) is 0 Å². The maximum absolute atomic E-state index is 13.4. The topological polar surface area (TPSA) is 43.8 Å². The van der Waals surface area contributed by atoms with E-state index < -0.39 is 6.10 Å². The van der Waals surface area contributed by atoms with E-state index in [1.165, 1.54) is 37.8 Å². The summed E-state index contributed by atoms with van der Waals surface area (Å²) in [5, 5.41) is 10.3. The van der Waals surface area contributed by atoms with E-state index >= 15 is 0 Å². The Morgan fingerprint density at radius 1 is 1.32 bits per heavy atom. The van der Waals surface area contributed by atoms with Gasteiger partial charge in [-0.15, -0.1) is 0 Å². The number of nitrogens with zero attached hydrogens (tertiary/aromatic N) is 2. The number of hydrogen-bond donors (Lipinski definition) is 1. The van der Waals surface area contributed by atoms with Crippen LogP contribution in [0, 0.1) is 11.7 Å². The quantitative estimate of drug-likeness (QED) is 0.889. The molecule has 0 unspecified atom stereocenters. The lowest BCUT2D eigenvalue weighted by Gasteiger charge is -2.37. The fourth-order valence-corrected chi connectivity index (χ4v) is 4.20. The monoisotopic (exact) mass is 348 g/mol. The molecular weight excluding hydrogens is 319 g/mol. The summed E-state index contributed by atoms with van der Waals surface area (Å²) in [5.74, 6) is -0.143. The van der Waals surface area contributed by atoms with Crippen molar-refractivity contribution in [3.8, 4) is 0 Å². The van der Waals surface area contributed by atoms with Crippen LogP contribution >= 0.6 is 0 Å². The van der Waals surface area contributed by atoms with Crippen LogP contribution in [-0.4, -0.2) is 59.6 Å². The van der Waals surface area contributed by atoms with E-state index in [0.29, 0.717) is 38.5 Å². The zero-order chi connectivity index (χ0) is 17.8. The molecule has 1 aromatic carbocycles. The Morgan fingerprint density at radius 3 is 2.80 bits per heavy atom. The van der Waals surface area contributed by atoms with Crippen molar-refractivity contribution in [1.82, 2.24) is 9.80 Å². The summed E-state index contributed by atoms with van der Waals surface area (Å²) >= 11 is 0. The third-order valence-corrected chi connectivity index (χ3v) is 5.77. The summed E-state index contributed by atoms with van der Waals surface area (Å²) in [4.78, 5) is 16.7. The molecule has 1 aromatic rings. The second-order valence-corrected chi connectivity index (χ2v) is 7.64. The molecule has 4 nitrogen and oxygen atoms in total. The second-order valence-electron chi connectivity index (χ2n) is 7.64. The van der Waals surface area contributed by atoms with Crippen molar-refractivity contribution in [2.24, 2.45) is 5.92 Å². The van der Waals surface area contributed by atoms with E-state index in [-0.39, 0.29) is 17.6 Å². The van der Waals surface area contributed by atoms with Gasteiger partial charge in [-0.2, -0.15) is 0 Å². The number of aliphatic hydroxyl groups excluding tert-OH is 1. The molecule has 0 bridgehead atoms. The predicted octanol–water partition coefficient (Wildman–Crippen LogP) is 2.45. The molecule has 1 aliphatic carbocycles. The van der Waals surface area contributed by atoms with Gasteiger partial charge in [-0.1, -0.05) is 25.0 Å². The normalized spacial score (nSPS) is 24.9. The highest BCUT2D eigenvalue weighted by atomic mass is 19.1. The third-order valence-electron chi connectivity index (χ3n) is 5.77. The van der Waals surface area contributed by atoms with Gasteiger partial charge in [-0.25, -0.2) is 4.39 Å². The molecule has 0 radical (unpaired) electrons. The molecular formula is C20H29FN2O2. The highest BCUT2D eigenvalue weighted by Gasteiger charge is 2.31. The highest BCUT2D eigenvalue weighted by Crippen LogP contribution is 2.24. The third kappa shape index (κ3) is 4.79. The zero-order valence-electron chi connectivity index (χ0n) is 15.0. The van der Waals surface area contributed by atoms with Crippen molar-refractivity contribution in [2.75, 3.05) is 26.7 Å². The van der Waals surface area contributed by atoms with E-state index in [2.05, 4.69) is 4.90 Å². The first kappa shape index (κ1) is 18.3. The fraction of sp³-hybridized carbons (Fsp3) is 0.650. The Morgan fingerprint density at radius 2 is 2.08 bits per heavy atom. The summed E-state index contributed by atoms with van der Waals surface area (Å²) in [6, 6.07) is 7.04. The molecule has 1 heterocycles. The average molecular weight is 348 g/mol. The standard InChI is InChI=1S/C20H29FN2O2/c1-22(18-7-2-3-8-18)14-20(25)23-10-9-19(24)16(13-23)11-15-5-4-6-17(21)12-15/h4-6,12,16,18-19,24H,2-3,7-11,13-14H2,1H3/t16-,19-/m1/s1. The van der Waals surface area contributed by atoms with Gasteiger partial charge in [0.1, 0.15) is 5.82 Å². The van der Waals surface area contributed by atoms with Crippen molar-refractivity contribution >= 4 is 5.91 Å². The van der Waals surface area contributed by atoms with Crippen LogP contribution in [0.4, 0.5) is 4.39 Å². The molecule has 25 heavy (non-hydrogen) atoms. The molecule has 2 aliphatic rings. The van der Waals surface area contributed by atoms with Crippen molar-refractivity contribution in [3.63, 3.8) is 0 Å². The molecule has 2 atom stereocenters. The SMILES string of the molecule is CN(CC(=O)N1CC[C@@H](O)[C@H](Cc2cccc(F)c2)C1)C1CCCC1. The van der Waals surface area contributed by atoms with Crippen LogP contribution in [0.1, 0.15) is 37.7 Å². The summed E-state index contributed by atoms with van der Waals surface area (Å²) in [6.45, 7) is 1.61. The molecule has 1 saturated carbocycles. The highest BCUT2D eigenvalue weighted by molar-refractivity contribution is 5.78. The van der Waals surface area contributed by atoms with Crippen LogP contribution < -0.4 is 0 Å². The van der Waals surface area contributed by atoms with E-state index in [1.54, 1.807) is 6.07 Å². The van der Waals surface area contributed by atoms with Crippen LogP contribution in [0.2, 0.25) is 0 Å². The Bertz CT molecular complexity index is 589. The minimum Gasteiger partial charge on any atom is -0.393 e. The van der Waals surface area contributed by atoms with Crippen LogP contribution in [0.15, 0.2) is 24.3 Å². The lowest BCUT2D eigenvalue weighted by atomic mass is 9.88. The van der Waals surface area contributed by atoms with Gasteiger partial charge in [0.25, 0.3) is 0 Å². The van der Waals surface area contributed by atoms with Gasteiger partial charge >= 0.3 is 0 Å². The summed E-state index contributed by atoms with van der Waals surface area (Å²) in [5.41, 5.74) is 0.876. The molecule has 1 saturated heterocycles. The molecule has 1 N–H and O–H groups in total. The number of aliphatic hydroxyl groups is 1. The predicted molar refractivity (Wildman–Crippen MR) is 95.7 cm³/mol. The average Bonchev–Trinajstić information content (AvgIpc) is 3.11. The minimum atomic E-state index is -0.431. The van der Waals surface area contributed by atoms with Gasteiger partial charge in [-0.3, -0.25) is 9.69 Å². The number of carbonyl (C=O) groups excluding carboxylic acids is 1. The number of halogens is 1. The van der Waals surface area contributed by atoms with Crippen LogP contribution in [0.5, 0.6) is 0 Å². The van der Waals surface area contributed by atoms with E-state index in [4.69, 9.17) is 0 Å². The Hall–Kier alpha value is -1.46. The second kappa shape index (κ2) is 8.28. The van der Waals surface area contributed by atoms with E-state index in [0.717, 1.165) is 5.56 Å². The minimum absolute atomic E-state index is 0.0312. The number of amides is 1. The Balaban J connectivity index is 1.56. The van der Waals surface area contributed by atoms with Gasteiger partial charge in [0.2, 0.25) is 5.91 Å². The first-order valence-electron chi connectivity index (χ1n) is 9.43. The summed E-state index contributed by atoms with van der Waals surface area (Å²) in [6.07, 6.45) is 5.65. The molecule has 0 aromatic heterocycles. The van der Waals surface area contributed by atoms with Crippen LogP contribution in [-0.2, 0) is 11.2 Å². The summed E-state index contributed by atoms with van der Waals surface area (Å²) < 4.78 is 13.4. The lowest BCUT2D eigenvalue weighted by Crippen LogP contribution is -2.50. The number of hydrogen-bond acceptors (Lipinski definition) is 3. The number of piperidine rings is 1. The molecule has 3 rings (SSSR count). The number of likely N-dealkylation sites (tertiary alicyclic amines) is 1. The Kier molecular flexibility index (Phi) is 6.07. The molecule has 138 valence electrons. The number of carbonyl (C=O) groups is 1. The molecule has 0 spiro atoms. The van der Waals surface area contributed by atoms with Gasteiger partial charge in [-0.05, 0) is 50.4 Å². The zero-order valence-corrected chi connectivity index (χ0v) is 15.0. The Labute approximate surface area is 149 Å². The van der Waals surface area contributed by atoms with Crippen molar-refractivity contribution in [2.45, 2.75) is 50.7 Å². The number of likely N-dealkylation sites (N-methyl/N-ethyl adjacent to an activating group) is 1. The van der Waals surface area contributed by atoms with Crippen LogP contribution in [0.3, 0.4) is 0 Å².